The van der Waals surface area contributed by atoms with Crippen molar-refractivity contribution in [1.29, 1.82) is 5.26 Å². The number of pyridine rings is 1. The van der Waals surface area contributed by atoms with Crippen LogP contribution in [-0.4, -0.2) is 20.9 Å². The van der Waals surface area contributed by atoms with E-state index in [1.54, 1.807) is 13.8 Å². The fraction of sp³-hybridized carbons (Fsp3) is 0.263. The number of rotatable bonds is 5. The lowest BCUT2D eigenvalue weighted by Gasteiger charge is -2.10. The van der Waals surface area contributed by atoms with Crippen molar-refractivity contribution in [2.45, 2.75) is 33.2 Å². The normalized spacial score (nSPS) is 10.7. The monoisotopic (exact) mass is 349 g/mol. The van der Waals surface area contributed by atoms with Crippen molar-refractivity contribution in [2.24, 2.45) is 0 Å². The molecule has 0 saturated carbocycles. The fourth-order valence-electron chi connectivity index (χ4n) is 3.02. The van der Waals surface area contributed by atoms with E-state index >= 15 is 0 Å². The maximum atomic E-state index is 12.2. The lowest BCUT2D eigenvalue weighted by molar-refractivity contribution is -0.121. The van der Waals surface area contributed by atoms with E-state index < -0.39 is 0 Å². The molecule has 0 aliphatic heterocycles. The zero-order valence-electron chi connectivity index (χ0n) is 14.6. The Hall–Kier alpha value is -3.40. The van der Waals surface area contributed by atoms with Crippen LogP contribution in [-0.2, 0) is 17.8 Å². The summed E-state index contributed by atoms with van der Waals surface area (Å²) in [7, 11) is 0. The molecule has 3 rings (SSSR count). The van der Waals surface area contributed by atoms with Gasteiger partial charge in [-0.1, -0.05) is 12.1 Å². The van der Waals surface area contributed by atoms with Crippen LogP contribution in [0.5, 0.6) is 0 Å². The predicted octanol–water partition coefficient (Wildman–Crippen LogP) is 1.99. The summed E-state index contributed by atoms with van der Waals surface area (Å²) in [6, 6.07) is 9.60. The molecule has 7 heteroatoms. The molecular weight excluding hydrogens is 330 g/mol. The zero-order chi connectivity index (χ0) is 18.7. The van der Waals surface area contributed by atoms with Gasteiger partial charge in [0, 0.05) is 12.1 Å². The van der Waals surface area contributed by atoms with Crippen LogP contribution in [0.1, 0.15) is 34.6 Å². The highest BCUT2D eigenvalue weighted by molar-refractivity contribution is 5.77. The van der Waals surface area contributed by atoms with Crippen LogP contribution in [0.15, 0.2) is 29.1 Å². The highest BCUT2D eigenvalue weighted by Crippen LogP contribution is 2.15. The van der Waals surface area contributed by atoms with Crippen molar-refractivity contribution < 1.29 is 4.79 Å². The van der Waals surface area contributed by atoms with Gasteiger partial charge in [0.25, 0.3) is 5.56 Å². The minimum atomic E-state index is -0.388. The second kappa shape index (κ2) is 7.23. The Kier molecular flexibility index (Phi) is 4.85. The minimum absolute atomic E-state index is 0.105. The molecule has 0 bridgehead atoms. The van der Waals surface area contributed by atoms with Crippen molar-refractivity contribution >= 4 is 16.9 Å². The van der Waals surface area contributed by atoms with E-state index in [0.717, 1.165) is 16.6 Å². The number of nitrogens with zero attached hydrogens (tertiary/aromatic N) is 2. The minimum Gasteiger partial charge on any atom is -0.349 e. The molecule has 0 saturated heterocycles. The number of amides is 1. The molecule has 0 spiro atoms. The quantitative estimate of drug-likeness (QED) is 0.653. The van der Waals surface area contributed by atoms with Gasteiger partial charge in [-0.15, -0.1) is 0 Å². The molecule has 3 N–H and O–H groups in total. The van der Waals surface area contributed by atoms with Gasteiger partial charge in [0.2, 0.25) is 5.91 Å². The molecule has 0 atom stereocenters. The van der Waals surface area contributed by atoms with Crippen LogP contribution in [0.3, 0.4) is 0 Å². The number of aromatic nitrogens is 3. The molecule has 3 aromatic rings. The maximum absolute atomic E-state index is 12.2. The van der Waals surface area contributed by atoms with E-state index in [-0.39, 0.29) is 23.5 Å². The van der Waals surface area contributed by atoms with Crippen molar-refractivity contribution in [3.8, 4) is 6.07 Å². The number of aromatic amines is 2. The third-order valence-electron chi connectivity index (χ3n) is 4.41. The lowest BCUT2D eigenvalue weighted by atomic mass is 9.99. The van der Waals surface area contributed by atoms with Gasteiger partial charge in [0.05, 0.1) is 17.6 Å². The molecule has 0 unspecified atom stereocenters. The van der Waals surface area contributed by atoms with Gasteiger partial charge in [-0.2, -0.15) is 5.26 Å². The summed E-state index contributed by atoms with van der Waals surface area (Å²) in [5.41, 5.74) is 3.67. The molecule has 2 aromatic heterocycles. The van der Waals surface area contributed by atoms with Crippen LogP contribution < -0.4 is 10.9 Å². The molecular formula is C19H19N5O2. The molecule has 0 fully saturated rings. The highest BCUT2D eigenvalue weighted by atomic mass is 16.1. The number of hydrogen-bond acceptors (Lipinski definition) is 4. The van der Waals surface area contributed by atoms with E-state index in [0.29, 0.717) is 30.0 Å². The van der Waals surface area contributed by atoms with Crippen LogP contribution in [0.25, 0.3) is 11.0 Å². The van der Waals surface area contributed by atoms with E-state index in [2.05, 4.69) is 20.3 Å². The van der Waals surface area contributed by atoms with Gasteiger partial charge in [0.15, 0.2) is 0 Å². The first kappa shape index (κ1) is 17.4. The first-order valence-corrected chi connectivity index (χ1v) is 8.32. The molecule has 0 aliphatic carbocycles. The molecule has 1 amide bonds. The Balaban J connectivity index is 1.63. The van der Waals surface area contributed by atoms with E-state index in [9.17, 15) is 9.59 Å². The number of carbonyl (C=O) groups is 1. The third kappa shape index (κ3) is 3.49. The molecule has 0 aliphatic rings. The SMILES string of the molecule is Cc1[nH]c(=O)c(C#N)c(C)c1CCC(=O)NCc1nc2ccccc2[nH]1. The summed E-state index contributed by atoms with van der Waals surface area (Å²) < 4.78 is 0. The lowest BCUT2D eigenvalue weighted by Crippen LogP contribution is -2.24. The standard InChI is InChI=1S/C19H19N5O2/c1-11-13(12(2)22-19(26)14(11)9-20)7-8-18(25)21-10-17-23-15-5-3-4-6-16(15)24-17/h3-6H,7-8,10H2,1-2H3,(H,21,25)(H,22,26)(H,23,24). The summed E-state index contributed by atoms with van der Waals surface area (Å²) >= 11 is 0. The van der Waals surface area contributed by atoms with Crippen LogP contribution in [0.2, 0.25) is 0 Å². The van der Waals surface area contributed by atoms with Gasteiger partial charge in [-0.3, -0.25) is 9.59 Å². The smallest absolute Gasteiger partial charge is 0.266 e. The number of imidazole rings is 1. The number of aryl methyl sites for hydroxylation is 1. The average molecular weight is 349 g/mol. The van der Waals surface area contributed by atoms with Crippen molar-refractivity contribution in [1.82, 2.24) is 20.3 Å². The summed E-state index contributed by atoms with van der Waals surface area (Å²) in [5.74, 6) is 0.580. The number of carbonyl (C=O) groups excluding carboxylic acids is 1. The Morgan fingerprint density at radius 3 is 2.77 bits per heavy atom. The first-order valence-electron chi connectivity index (χ1n) is 8.32. The van der Waals surface area contributed by atoms with Gasteiger partial charge in [-0.05, 0) is 43.5 Å². The fourth-order valence-corrected chi connectivity index (χ4v) is 3.02. The van der Waals surface area contributed by atoms with Crippen LogP contribution >= 0.6 is 0 Å². The molecule has 2 heterocycles. The van der Waals surface area contributed by atoms with Gasteiger partial charge >= 0.3 is 0 Å². The Morgan fingerprint density at radius 2 is 2.04 bits per heavy atom. The number of benzene rings is 1. The topological polar surface area (TPSA) is 114 Å². The van der Waals surface area contributed by atoms with E-state index in [4.69, 9.17) is 5.26 Å². The maximum Gasteiger partial charge on any atom is 0.266 e. The summed E-state index contributed by atoms with van der Waals surface area (Å²) in [6.07, 6.45) is 0.716. The molecule has 26 heavy (non-hydrogen) atoms. The number of H-pyrrole nitrogens is 2. The Morgan fingerprint density at radius 1 is 1.27 bits per heavy atom. The number of para-hydroxylation sites is 2. The molecule has 132 valence electrons. The summed E-state index contributed by atoms with van der Waals surface area (Å²) in [4.78, 5) is 34.2. The van der Waals surface area contributed by atoms with Crippen molar-refractivity contribution in [3.05, 3.63) is 62.8 Å². The van der Waals surface area contributed by atoms with Crippen molar-refractivity contribution in [3.63, 3.8) is 0 Å². The van der Waals surface area contributed by atoms with Crippen LogP contribution in [0.4, 0.5) is 0 Å². The van der Waals surface area contributed by atoms with Gasteiger partial charge < -0.3 is 15.3 Å². The molecule has 0 radical (unpaired) electrons. The highest BCUT2D eigenvalue weighted by Gasteiger charge is 2.13. The second-order valence-corrected chi connectivity index (χ2v) is 6.15. The number of fused-ring (bicyclic) bond motifs is 1. The van der Waals surface area contributed by atoms with E-state index in [1.807, 2.05) is 30.3 Å². The summed E-state index contributed by atoms with van der Waals surface area (Å²) in [5, 5.41) is 11.9. The zero-order valence-corrected chi connectivity index (χ0v) is 14.6. The van der Waals surface area contributed by atoms with Gasteiger partial charge in [0.1, 0.15) is 17.5 Å². The number of nitriles is 1. The average Bonchev–Trinajstić information content (AvgIpc) is 3.02. The van der Waals surface area contributed by atoms with Crippen molar-refractivity contribution in [2.75, 3.05) is 0 Å². The Bertz CT molecular complexity index is 1040. The summed E-state index contributed by atoms with van der Waals surface area (Å²) in [6.45, 7) is 3.83. The van der Waals surface area contributed by atoms with Crippen LogP contribution in [0, 0.1) is 25.2 Å². The predicted molar refractivity (Wildman–Crippen MR) is 97.5 cm³/mol. The molecule has 1 aromatic carbocycles. The number of nitrogens with one attached hydrogen (secondary N) is 3. The molecule has 7 nitrogen and oxygen atoms in total. The van der Waals surface area contributed by atoms with Gasteiger partial charge in [-0.25, -0.2) is 4.98 Å². The number of hydrogen-bond donors (Lipinski definition) is 3. The first-order chi connectivity index (χ1) is 12.5. The third-order valence-corrected chi connectivity index (χ3v) is 4.41. The van der Waals surface area contributed by atoms with E-state index in [1.165, 1.54) is 0 Å². The second-order valence-electron chi connectivity index (χ2n) is 6.15. The Labute approximate surface area is 150 Å². The largest absolute Gasteiger partial charge is 0.349 e.